The average Bonchev–Trinajstić information content (AvgIpc) is 2.68. The number of amides is 4. The molecule has 1 unspecified atom stereocenters. The van der Waals surface area contributed by atoms with Crippen molar-refractivity contribution < 1.29 is 24.0 Å². The Morgan fingerprint density at radius 2 is 1.71 bits per heavy atom. The summed E-state index contributed by atoms with van der Waals surface area (Å²) in [6, 6.07) is 14.3. The molecule has 0 aliphatic rings. The van der Waals surface area contributed by atoms with Gasteiger partial charge in [0.05, 0.1) is 13.7 Å². The lowest BCUT2D eigenvalue weighted by Crippen LogP contribution is -3.14. The molecule has 0 fully saturated rings. The second-order valence-electron chi connectivity index (χ2n) is 6.16. The molecule has 0 radical (unpaired) electrons. The van der Waals surface area contributed by atoms with Crippen molar-refractivity contribution in [1.29, 1.82) is 0 Å². The van der Waals surface area contributed by atoms with Crippen LogP contribution in [0.2, 0.25) is 0 Å². The van der Waals surface area contributed by atoms with E-state index in [1.54, 1.807) is 55.6 Å². The first kappa shape index (κ1) is 20.9. The van der Waals surface area contributed by atoms with Gasteiger partial charge in [-0.2, -0.15) is 0 Å². The van der Waals surface area contributed by atoms with Crippen molar-refractivity contribution in [2.45, 2.75) is 13.0 Å². The van der Waals surface area contributed by atoms with E-state index in [-0.39, 0.29) is 12.5 Å². The number of anilines is 1. The van der Waals surface area contributed by atoms with Gasteiger partial charge in [-0.25, -0.2) is 4.79 Å². The summed E-state index contributed by atoms with van der Waals surface area (Å²) >= 11 is 0. The highest BCUT2D eigenvalue weighted by atomic mass is 16.5. The second-order valence-corrected chi connectivity index (χ2v) is 6.16. The minimum absolute atomic E-state index is 0.0360. The number of carbonyl (C=O) groups is 3. The summed E-state index contributed by atoms with van der Waals surface area (Å²) < 4.78 is 5.10. The zero-order valence-corrected chi connectivity index (χ0v) is 15.9. The van der Waals surface area contributed by atoms with Crippen LogP contribution in [0.5, 0.6) is 5.75 Å². The fourth-order valence-corrected chi connectivity index (χ4v) is 2.93. The zero-order valence-electron chi connectivity index (χ0n) is 15.9. The first-order valence-electron chi connectivity index (χ1n) is 8.88. The molecular formula is C20H25N4O4+. The molecule has 5 N–H and O–H groups in total. The Kier molecular flexibility index (Phi) is 7.53. The molecule has 0 aliphatic carbocycles. The number of carbonyl (C=O) groups excluding carboxylic acids is 3. The van der Waals surface area contributed by atoms with Gasteiger partial charge in [0.15, 0.2) is 12.6 Å². The van der Waals surface area contributed by atoms with Crippen LogP contribution in [-0.2, 0) is 9.59 Å². The third-order valence-corrected chi connectivity index (χ3v) is 4.27. The largest absolute Gasteiger partial charge is 0.497 e. The van der Waals surface area contributed by atoms with Gasteiger partial charge in [-0.05, 0) is 31.2 Å². The summed E-state index contributed by atoms with van der Waals surface area (Å²) in [4.78, 5) is 37.0. The van der Waals surface area contributed by atoms with E-state index in [1.807, 2.05) is 13.0 Å². The topological polar surface area (TPSA) is 115 Å². The summed E-state index contributed by atoms with van der Waals surface area (Å²) in [6.45, 7) is 2.39. The Hall–Kier alpha value is -3.39. The molecule has 0 saturated carbocycles. The van der Waals surface area contributed by atoms with E-state index < -0.39 is 18.0 Å². The fraction of sp³-hybridized carbons (Fsp3) is 0.250. The number of nitrogens with two attached hydrogens (primary N) is 1. The molecule has 2 aromatic carbocycles. The maximum Gasteiger partial charge on any atom is 0.319 e. The van der Waals surface area contributed by atoms with Crippen molar-refractivity contribution in [3.05, 3.63) is 60.2 Å². The van der Waals surface area contributed by atoms with Gasteiger partial charge in [-0.1, -0.05) is 30.3 Å². The number of quaternary nitrogens is 1. The van der Waals surface area contributed by atoms with Gasteiger partial charge in [0.1, 0.15) is 5.75 Å². The first-order valence-corrected chi connectivity index (χ1v) is 8.88. The van der Waals surface area contributed by atoms with Crippen molar-refractivity contribution in [3.8, 4) is 5.75 Å². The molecule has 0 aliphatic heterocycles. The lowest BCUT2D eigenvalue weighted by atomic mass is 10.0. The number of methoxy groups -OCH3 is 1. The molecule has 0 spiro atoms. The molecule has 2 rings (SSSR count). The summed E-state index contributed by atoms with van der Waals surface area (Å²) in [6.07, 6.45) is 0. The predicted molar refractivity (Wildman–Crippen MR) is 105 cm³/mol. The van der Waals surface area contributed by atoms with E-state index in [2.05, 4.69) is 10.6 Å². The zero-order chi connectivity index (χ0) is 20.5. The lowest BCUT2D eigenvalue weighted by Gasteiger charge is -2.26. The maximum absolute atomic E-state index is 12.6. The highest BCUT2D eigenvalue weighted by Crippen LogP contribution is 2.15. The number of hydrogen-bond acceptors (Lipinski definition) is 4. The van der Waals surface area contributed by atoms with Crippen LogP contribution >= 0.6 is 0 Å². The van der Waals surface area contributed by atoms with Gasteiger partial charge in [-0.15, -0.1) is 0 Å². The van der Waals surface area contributed by atoms with Crippen LogP contribution in [0.3, 0.4) is 0 Å². The normalized spacial score (nSPS) is 12.5. The van der Waals surface area contributed by atoms with Gasteiger partial charge < -0.3 is 20.7 Å². The number of likely N-dealkylation sites (N-methyl/N-ethyl adjacent to an activating group) is 1. The summed E-state index contributed by atoms with van der Waals surface area (Å²) in [5.41, 5.74) is 6.42. The number of benzene rings is 2. The molecule has 0 bridgehead atoms. The number of primary amides is 1. The highest BCUT2D eigenvalue weighted by Gasteiger charge is 2.32. The maximum atomic E-state index is 12.6. The Bertz CT molecular complexity index is 809. The van der Waals surface area contributed by atoms with Crippen molar-refractivity contribution in [2.24, 2.45) is 5.73 Å². The number of urea groups is 1. The number of hydrogen-bond donors (Lipinski definition) is 4. The minimum atomic E-state index is -0.927. The van der Waals surface area contributed by atoms with E-state index in [1.165, 1.54) is 0 Å². The van der Waals surface area contributed by atoms with E-state index >= 15 is 0 Å². The predicted octanol–water partition coefficient (Wildman–Crippen LogP) is 0.475. The fourth-order valence-electron chi connectivity index (χ4n) is 2.93. The van der Waals surface area contributed by atoms with Crippen LogP contribution in [0.1, 0.15) is 18.5 Å². The summed E-state index contributed by atoms with van der Waals surface area (Å²) in [5.74, 6) is -0.117. The second kappa shape index (κ2) is 10.1. The molecule has 0 heterocycles. The van der Waals surface area contributed by atoms with Crippen LogP contribution in [0, 0.1) is 0 Å². The van der Waals surface area contributed by atoms with Crippen molar-refractivity contribution in [1.82, 2.24) is 5.32 Å². The number of imide groups is 1. The van der Waals surface area contributed by atoms with Gasteiger partial charge in [-0.3, -0.25) is 14.9 Å². The lowest BCUT2D eigenvalue weighted by molar-refractivity contribution is -0.912. The SMILES string of the molecule is CC[NH+](CC(=O)Nc1ccc(OC)cc1)[C@H](C(=O)NC(N)=O)c1ccccc1. The van der Waals surface area contributed by atoms with Crippen molar-refractivity contribution in [3.63, 3.8) is 0 Å². The van der Waals surface area contributed by atoms with Crippen LogP contribution in [0.4, 0.5) is 10.5 Å². The van der Waals surface area contributed by atoms with Gasteiger partial charge in [0.2, 0.25) is 0 Å². The third-order valence-electron chi connectivity index (χ3n) is 4.27. The number of rotatable bonds is 8. The van der Waals surface area contributed by atoms with Crippen molar-refractivity contribution >= 4 is 23.5 Å². The Morgan fingerprint density at radius 3 is 2.25 bits per heavy atom. The Morgan fingerprint density at radius 1 is 1.07 bits per heavy atom. The Labute approximate surface area is 163 Å². The first-order chi connectivity index (χ1) is 13.4. The van der Waals surface area contributed by atoms with E-state index in [4.69, 9.17) is 10.5 Å². The molecule has 28 heavy (non-hydrogen) atoms. The van der Waals surface area contributed by atoms with Crippen LogP contribution in [0.15, 0.2) is 54.6 Å². The standard InChI is InChI=1S/C20H24N4O4/c1-3-24(13-17(25)22-15-9-11-16(28-2)12-10-15)18(19(26)23-20(21)27)14-7-5-4-6-8-14/h4-12,18H,3,13H2,1-2H3,(H,22,25)(H3,21,23,26,27)/p+1/t18-/m0/s1. The number of ether oxygens (including phenoxy) is 1. The molecule has 2 aromatic rings. The molecule has 0 saturated heterocycles. The third kappa shape index (κ3) is 5.82. The van der Waals surface area contributed by atoms with E-state index in [0.29, 0.717) is 28.4 Å². The molecule has 8 nitrogen and oxygen atoms in total. The quantitative estimate of drug-likeness (QED) is 0.529. The molecule has 148 valence electrons. The monoisotopic (exact) mass is 385 g/mol. The highest BCUT2D eigenvalue weighted by molar-refractivity contribution is 5.96. The average molecular weight is 385 g/mol. The molecule has 2 atom stereocenters. The summed E-state index contributed by atoms with van der Waals surface area (Å²) in [5, 5.41) is 4.93. The van der Waals surface area contributed by atoms with Crippen LogP contribution in [0.25, 0.3) is 0 Å². The molecular weight excluding hydrogens is 360 g/mol. The molecule has 8 heteroatoms. The molecule has 0 aromatic heterocycles. The van der Waals surface area contributed by atoms with E-state index in [9.17, 15) is 14.4 Å². The van der Waals surface area contributed by atoms with Gasteiger partial charge in [0.25, 0.3) is 11.8 Å². The summed E-state index contributed by atoms with van der Waals surface area (Å²) in [7, 11) is 1.57. The van der Waals surface area contributed by atoms with Gasteiger partial charge >= 0.3 is 6.03 Å². The smallest absolute Gasteiger partial charge is 0.319 e. The van der Waals surface area contributed by atoms with Gasteiger partial charge in [0, 0.05) is 11.3 Å². The van der Waals surface area contributed by atoms with Crippen LogP contribution in [-0.4, -0.2) is 38.0 Å². The van der Waals surface area contributed by atoms with Crippen molar-refractivity contribution in [2.75, 3.05) is 25.5 Å². The Balaban J connectivity index is 2.16. The van der Waals surface area contributed by atoms with Crippen LogP contribution < -0.4 is 26.0 Å². The minimum Gasteiger partial charge on any atom is -0.497 e. The van der Waals surface area contributed by atoms with E-state index in [0.717, 1.165) is 0 Å². The number of nitrogens with one attached hydrogen (secondary N) is 3. The molecule has 4 amide bonds.